The molecule has 3 aliphatic heterocycles. The van der Waals surface area contributed by atoms with Crippen LogP contribution in [-0.4, -0.2) is 41.0 Å². The molecule has 3 saturated heterocycles. The first-order chi connectivity index (χ1) is 11.1. The van der Waals surface area contributed by atoms with Gasteiger partial charge in [0.25, 0.3) is 5.91 Å². The minimum Gasteiger partial charge on any atom is -0.345 e. The molecule has 122 valence electrons. The molecule has 1 amide bonds. The van der Waals surface area contributed by atoms with Crippen molar-refractivity contribution < 1.29 is 4.79 Å². The lowest BCUT2D eigenvalue weighted by Gasteiger charge is -2.49. The van der Waals surface area contributed by atoms with Crippen LogP contribution in [0.2, 0.25) is 0 Å². The monoisotopic (exact) mass is 347 g/mol. The third-order valence-corrected chi connectivity index (χ3v) is 7.42. The van der Waals surface area contributed by atoms with Gasteiger partial charge in [-0.3, -0.25) is 9.69 Å². The fraction of sp³-hybridized carbons (Fsp3) is 0.529. The van der Waals surface area contributed by atoms with Gasteiger partial charge in [0.2, 0.25) is 0 Å². The number of nitrogens with one attached hydrogen (secondary N) is 1. The Balaban J connectivity index is 1.53. The molecule has 0 aliphatic carbocycles. The molecule has 5 heterocycles. The van der Waals surface area contributed by atoms with Crippen molar-refractivity contribution in [2.45, 2.75) is 38.8 Å². The van der Waals surface area contributed by atoms with Crippen molar-refractivity contribution >= 4 is 28.6 Å². The molecular formula is C17H21N3OS2. The van der Waals surface area contributed by atoms with Crippen molar-refractivity contribution in [1.29, 1.82) is 0 Å². The maximum absolute atomic E-state index is 12.7. The van der Waals surface area contributed by atoms with Crippen molar-refractivity contribution in [1.82, 2.24) is 15.2 Å². The maximum atomic E-state index is 12.7. The predicted octanol–water partition coefficient (Wildman–Crippen LogP) is 3.39. The summed E-state index contributed by atoms with van der Waals surface area (Å²) in [7, 11) is 0. The fourth-order valence-electron chi connectivity index (χ4n) is 3.89. The summed E-state index contributed by atoms with van der Waals surface area (Å²) in [4.78, 5) is 22.0. The topological polar surface area (TPSA) is 45.2 Å². The molecule has 0 unspecified atom stereocenters. The number of aryl methyl sites for hydroxylation is 1. The molecule has 0 radical (unpaired) electrons. The molecule has 2 atom stereocenters. The van der Waals surface area contributed by atoms with Crippen LogP contribution in [0.1, 0.15) is 35.3 Å². The SMILES string of the molecule is Cc1nc(C(=O)N[C@@H]2C3CCN(CC3)[C@@H]2C)sc1-c1cccs1. The van der Waals surface area contributed by atoms with Crippen molar-refractivity contribution in [3.05, 3.63) is 28.2 Å². The highest BCUT2D eigenvalue weighted by molar-refractivity contribution is 7.22. The highest BCUT2D eigenvalue weighted by Gasteiger charge is 2.40. The molecule has 0 spiro atoms. The standard InChI is InChI=1S/C17H21N3OS2/c1-10-15(13-4-3-9-22-13)23-17(18-10)16(21)19-14-11(2)20-7-5-12(14)6-8-20/h3-4,9,11-12,14H,5-8H2,1-2H3,(H,19,21)/t11-,14+/m1/s1. The van der Waals surface area contributed by atoms with E-state index in [0.717, 1.165) is 10.6 Å². The highest BCUT2D eigenvalue weighted by atomic mass is 32.1. The van der Waals surface area contributed by atoms with Crippen LogP contribution in [0.25, 0.3) is 9.75 Å². The van der Waals surface area contributed by atoms with Gasteiger partial charge >= 0.3 is 0 Å². The molecule has 3 fully saturated rings. The van der Waals surface area contributed by atoms with Gasteiger partial charge in [-0.25, -0.2) is 4.98 Å². The fourth-order valence-corrected chi connectivity index (χ4v) is 5.76. The number of nitrogens with zero attached hydrogens (tertiary/aromatic N) is 2. The Bertz CT molecular complexity index is 700. The smallest absolute Gasteiger partial charge is 0.280 e. The van der Waals surface area contributed by atoms with Crippen molar-refractivity contribution in [3.8, 4) is 9.75 Å². The Morgan fingerprint density at radius 1 is 1.39 bits per heavy atom. The summed E-state index contributed by atoms with van der Waals surface area (Å²) in [6, 6.07) is 4.82. The highest BCUT2D eigenvalue weighted by Crippen LogP contribution is 2.35. The van der Waals surface area contributed by atoms with Crippen LogP contribution < -0.4 is 5.32 Å². The third kappa shape index (κ3) is 2.73. The summed E-state index contributed by atoms with van der Waals surface area (Å²) in [6.45, 7) is 6.58. The van der Waals surface area contributed by atoms with E-state index in [1.165, 1.54) is 42.1 Å². The van der Waals surface area contributed by atoms with Crippen LogP contribution in [0.5, 0.6) is 0 Å². The van der Waals surface area contributed by atoms with E-state index in [-0.39, 0.29) is 11.9 Å². The van der Waals surface area contributed by atoms with Crippen molar-refractivity contribution in [2.24, 2.45) is 5.92 Å². The number of fused-ring (bicyclic) bond motifs is 3. The van der Waals surface area contributed by atoms with E-state index in [1.54, 1.807) is 11.3 Å². The van der Waals surface area contributed by atoms with Crippen LogP contribution in [0, 0.1) is 12.8 Å². The molecule has 0 aromatic carbocycles. The molecule has 4 nitrogen and oxygen atoms in total. The van der Waals surface area contributed by atoms with Gasteiger partial charge in [0, 0.05) is 17.0 Å². The van der Waals surface area contributed by atoms with E-state index in [0.29, 0.717) is 17.0 Å². The van der Waals surface area contributed by atoms with Gasteiger partial charge in [0.05, 0.1) is 10.6 Å². The van der Waals surface area contributed by atoms with Gasteiger partial charge in [0.15, 0.2) is 5.01 Å². The Kier molecular flexibility index (Phi) is 3.99. The number of aromatic nitrogens is 1. The lowest BCUT2D eigenvalue weighted by atomic mass is 9.79. The number of rotatable bonds is 3. The normalized spacial score (nSPS) is 29.7. The Hall–Kier alpha value is -1.24. The predicted molar refractivity (Wildman–Crippen MR) is 95.2 cm³/mol. The Morgan fingerprint density at radius 2 is 2.17 bits per heavy atom. The van der Waals surface area contributed by atoms with Crippen LogP contribution in [0.3, 0.4) is 0 Å². The number of hydrogen-bond donors (Lipinski definition) is 1. The summed E-state index contributed by atoms with van der Waals surface area (Å²) in [5, 5.41) is 5.92. The summed E-state index contributed by atoms with van der Waals surface area (Å²) >= 11 is 3.20. The molecule has 3 aliphatic rings. The Morgan fingerprint density at radius 3 is 2.83 bits per heavy atom. The maximum Gasteiger partial charge on any atom is 0.280 e. The van der Waals surface area contributed by atoms with E-state index in [4.69, 9.17) is 0 Å². The second-order valence-corrected chi connectivity index (χ2v) is 8.47. The van der Waals surface area contributed by atoms with E-state index in [1.807, 2.05) is 13.0 Å². The molecule has 23 heavy (non-hydrogen) atoms. The van der Waals surface area contributed by atoms with Gasteiger partial charge in [-0.1, -0.05) is 6.07 Å². The average molecular weight is 348 g/mol. The van der Waals surface area contributed by atoms with Crippen molar-refractivity contribution in [3.63, 3.8) is 0 Å². The number of thiazole rings is 1. The van der Waals surface area contributed by atoms with Gasteiger partial charge in [-0.05, 0) is 57.1 Å². The molecule has 1 N–H and O–H groups in total. The number of carbonyl (C=O) groups excluding carboxylic acids is 1. The van der Waals surface area contributed by atoms with Gasteiger partial charge in [-0.15, -0.1) is 22.7 Å². The van der Waals surface area contributed by atoms with Crippen molar-refractivity contribution in [2.75, 3.05) is 13.1 Å². The first-order valence-corrected chi connectivity index (χ1v) is 9.89. The molecular weight excluding hydrogens is 326 g/mol. The molecule has 6 heteroatoms. The summed E-state index contributed by atoms with van der Waals surface area (Å²) in [5.41, 5.74) is 0.949. The van der Waals surface area contributed by atoms with E-state index < -0.39 is 0 Å². The van der Waals surface area contributed by atoms with Gasteiger partial charge < -0.3 is 5.32 Å². The molecule has 2 bridgehead atoms. The number of carbonyl (C=O) groups is 1. The summed E-state index contributed by atoms with van der Waals surface area (Å²) in [6.07, 6.45) is 2.40. The van der Waals surface area contributed by atoms with Crippen LogP contribution in [0.15, 0.2) is 17.5 Å². The van der Waals surface area contributed by atoms with Crippen LogP contribution >= 0.6 is 22.7 Å². The second kappa shape index (κ2) is 6.00. The van der Waals surface area contributed by atoms with Gasteiger partial charge in [-0.2, -0.15) is 0 Å². The largest absolute Gasteiger partial charge is 0.345 e. The molecule has 0 saturated carbocycles. The number of piperidine rings is 3. The van der Waals surface area contributed by atoms with Crippen LogP contribution in [-0.2, 0) is 0 Å². The lowest BCUT2D eigenvalue weighted by Crippen LogP contribution is -2.62. The minimum atomic E-state index is -0.00786. The third-order valence-electron chi connectivity index (χ3n) is 5.21. The van der Waals surface area contributed by atoms with E-state index in [9.17, 15) is 4.79 Å². The number of amides is 1. The van der Waals surface area contributed by atoms with Gasteiger partial charge in [0.1, 0.15) is 0 Å². The zero-order chi connectivity index (χ0) is 16.0. The van der Waals surface area contributed by atoms with E-state index >= 15 is 0 Å². The first-order valence-electron chi connectivity index (χ1n) is 8.19. The molecule has 5 rings (SSSR count). The molecule has 2 aromatic rings. The second-order valence-electron chi connectivity index (χ2n) is 6.52. The quantitative estimate of drug-likeness (QED) is 0.926. The summed E-state index contributed by atoms with van der Waals surface area (Å²) < 4.78 is 0. The zero-order valence-electron chi connectivity index (χ0n) is 13.4. The van der Waals surface area contributed by atoms with Crippen LogP contribution in [0.4, 0.5) is 0 Å². The Labute approximate surface area is 144 Å². The average Bonchev–Trinajstić information content (AvgIpc) is 3.20. The number of hydrogen-bond acceptors (Lipinski definition) is 5. The summed E-state index contributed by atoms with van der Waals surface area (Å²) in [5.74, 6) is 0.614. The molecule has 2 aromatic heterocycles. The van der Waals surface area contributed by atoms with E-state index in [2.05, 4.69) is 33.6 Å². The first kappa shape index (κ1) is 15.3. The zero-order valence-corrected chi connectivity index (χ0v) is 15.0. The minimum absolute atomic E-state index is 0.00786. The number of thiophene rings is 1. The lowest BCUT2D eigenvalue weighted by molar-refractivity contribution is 0.0217.